The van der Waals surface area contributed by atoms with Gasteiger partial charge in [0.15, 0.2) is 0 Å². The number of nitrogens with two attached hydrogens (primary N) is 1. The van der Waals surface area contributed by atoms with E-state index in [2.05, 4.69) is 50.8 Å². The molecule has 1 aliphatic heterocycles. The lowest BCUT2D eigenvalue weighted by molar-refractivity contribution is 0.294. The monoisotopic (exact) mass is 246 g/mol. The Hall–Kier alpha value is -1.02. The van der Waals surface area contributed by atoms with E-state index in [-0.39, 0.29) is 5.54 Å². The van der Waals surface area contributed by atoms with Gasteiger partial charge < -0.3 is 10.6 Å². The minimum atomic E-state index is 0.242. The first-order valence-electron chi connectivity index (χ1n) is 6.99. The van der Waals surface area contributed by atoms with Crippen molar-refractivity contribution < 1.29 is 0 Å². The van der Waals surface area contributed by atoms with Crippen LogP contribution in [-0.2, 0) is 0 Å². The Morgan fingerprint density at radius 1 is 1.33 bits per heavy atom. The summed E-state index contributed by atoms with van der Waals surface area (Å²) in [5.41, 5.74) is 10.2. The molecule has 1 saturated heterocycles. The van der Waals surface area contributed by atoms with Crippen molar-refractivity contribution in [1.29, 1.82) is 0 Å². The highest BCUT2D eigenvalue weighted by Crippen LogP contribution is 2.36. The van der Waals surface area contributed by atoms with E-state index in [0.29, 0.717) is 5.92 Å². The van der Waals surface area contributed by atoms with E-state index in [1.54, 1.807) is 0 Å². The molecular formula is C16H26N2. The molecule has 0 saturated carbocycles. The van der Waals surface area contributed by atoms with Crippen molar-refractivity contribution >= 4 is 5.69 Å². The molecule has 0 aliphatic carbocycles. The van der Waals surface area contributed by atoms with Crippen LogP contribution in [-0.4, -0.2) is 18.6 Å². The number of anilines is 1. The van der Waals surface area contributed by atoms with E-state index in [0.717, 1.165) is 13.1 Å². The van der Waals surface area contributed by atoms with Gasteiger partial charge in [-0.05, 0) is 64.6 Å². The van der Waals surface area contributed by atoms with Crippen LogP contribution in [0, 0.1) is 19.8 Å². The van der Waals surface area contributed by atoms with Crippen molar-refractivity contribution in [3.8, 4) is 0 Å². The average Bonchev–Trinajstić information content (AvgIpc) is 2.30. The number of hydrogen-bond donors (Lipinski definition) is 1. The highest BCUT2D eigenvalue weighted by atomic mass is 15.2. The summed E-state index contributed by atoms with van der Waals surface area (Å²) in [5, 5.41) is 0. The molecule has 1 aliphatic rings. The molecule has 0 amide bonds. The Balaban J connectivity index is 2.33. The van der Waals surface area contributed by atoms with Crippen LogP contribution in [0.1, 0.15) is 37.8 Å². The number of rotatable bonds is 2. The lowest BCUT2D eigenvalue weighted by Gasteiger charge is -2.47. The number of hydrogen-bond acceptors (Lipinski definition) is 2. The molecular weight excluding hydrogens is 220 g/mol. The molecule has 0 spiro atoms. The van der Waals surface area contributed by atoms with Crippen molar-refractivity contribution in [3.05, 3.63) is 29.3 Å². The fourth-order valence-electron chi connectivity index (χ4n) is 3.01. The van der Waals surface area contributed by atoms with Gasteiger partial charge in [0.2, 0.25) is 0 Å². The third-order valence-electron chi connectivity index (χ3n) is 4.31. The third-order valence-corrected chi connectivity index (χ3v) is 4.31. The minimum absolute atomic E-state index is 0.242. The Kier molecular flexibility index (Phi) is 3.67. The molecule has 1 aromatic rings. The van der Waals surface area contributed by atoms with Crippen LogP contribution in [0.15, 0.2) is 18.2 Å². The van der Waals surface area contributed by atoms with Gasteiger partial charge in [0.25, 0.3) is 0 Å². The molecule has 1 heterocycles. The largest absolute Gasteiger partial charge is 0.366 e. The topological polar surface area (TPSA) is 29.3 Å². The quantitative estimate of drug-likeness (QED) is 0.868. The lowest BCUT2D eigenvalue weighted by Crippen LogP contribution is -2.52. The maximum absolute atomic E-state index is 5.87. The van der Waals surface area contributed by atoms with E-state index in [1.165, 1.54) is 29.7 Å². The van der Waals surface area contributed by atoms with Gasteiger partial charge in [-0.1, -0.05) is 17.7 Å². The van der Waals surface area contributed by atoms with Gasteiger partial charge >= 0.3 is 0 Å². The Labute approximate surface area is 111 Å². The van der Waals surface area contributed by atoms with Crippen LogP contribution in [0.4, 0.5) is 5.69 Å². The molecule has 2 heteroatoms. The van der Waals surface area contributed by atoms with Crippen LogP contribution in [0.3, 0.4) is 0 Å². The van der Waals surface area contributed by atoms with Gasteiger partial charge in [0, 0.05) is 17.8 Å². The highest BCUT2D eigenvalue weighted by Gasteiger charge is 2.34. The molecule has 1 unspecified atom stereocenters. The van der Waals surface area contributed by atoms with Gasteiger partial charge in [-0.2, -0.15) is 0 Å². The smallest absolute Gasteiger partial charge is 0.0400 e. The zero-order chi connectivity index (χ0) is 13.3. The highest BCUT2D eigenvalue weighted by molar-refractivity contribution is 5.56. The Bertz CT molecular complexity index is 423. The normalized spacial score (nSPS) is 23.2. The molecule has 1 fully saturated rings. The van der Waals surface area contributed by atoms with E-state index in [4.69, 9.17) is 5.73 Å². The second kappa shape index (κ2) is 4.93. The summed E-state index contributed by atoms with van der Waals surface area (Å²) < 4.78 is 0. The number of piperidine rings is 1. The summed E-state index contributed by atoms with van der Waals surface area (Å²) in [6.45, 7) is 11.0. The molecule has 0 bridgehead atoms. The third kappa shape index (κ3) is 2.54. The molecule has 0 radical (unpaired) electrons. The Morgan fingerprint density at radius 2 is 2.06 bits per heavy atom. The predicted octanol–water partition coefficient (Wildman–Crippen LogP) is 3.26. The predicted molar refractivity (Wildman–Crippen MR) is 79.1 cm³/mol. The molecule has 1 aromatic carbocycles. The molecule has 2 N–H and O–H groups in total. The first kappa shape index (κ1) is 13.4. The van der Waals surface area contributed by atoms with Crippen molar-refractivity contribution in [2.45, 2.75) is 46.1 Å². The number of benzene rings is 1. The van der Waals surface area contributed by atoms with Crippen molar-refractivity contribution in [2.75, 3.05) is 18.0 Å². The van der Waals surface area contributed by atoms with Crippen molar-refractivity contribution in [3.63, 3.8) is 0 Å². The first-order valence-corrected chi connectivity index (χ1v) is 6.99. The maximum atomic E-state index is 5.87. The second-order valence-corrected chi connectivity index (χ2v) is 6.35. The standard InChI is InChI=1S/C16H26N2/c1-12-5-6-15(13(2)9-12)18-11-14(10-17)7-8-16(18,3)4/h5-6,9,14H,7-8,10-11,17H2,1-4H3. The fraction of sp³-hybridized carbons (Fsp3) is 0.625. The van der Waals surface area contributed by atoms with Crippen molar-refractivity contribution in [2.24, 2.45) is 11.7 Å². The van der Waals surface area contributed by atoms with Crippen LogP contribution >= 0.6 is 0 Å². The molecule has 2 rings (SSSR count). The summed E-state index contributed by atoms with van der Waals surface area (Å²) in [7, 11) is 0. The summed E-state index contributed by atoms with van der Waals surface area (Å²) in [6.07, 6.45) is 2.48. The van der Waals surface area contributed by atoms with Crippen LogP contribution in [0.25, 0.3) is 0 Å². The van der Waals surface area contributed by atoms with Crippen molar-refractivity contribution in [1.82, 2.24) is 0 Å². The fourth-order valence-corrected chi connectivity index (χ4v) is 3.01. The van der Waals surface area contributed by atoms with Gasteiger partial charge in [0.1, 0.15) is 0 Å². The minimum Gasteiger partial charge on any atom is -0.366 e. The number of nitrogens with zero attached hydrogens (tertiary/aromatic N) is 1. The number of aryl methyl sites for hydroxylation is 2. The Morgan fingerprint density at radius 3 is 2.67 bits per heavy atom. The maximum Gasteiger partial charge on any atom is 0.0400 e. The van der Waals surface area contributed by atoms with Crippen LogP contribution < -0.4 is 10.6 Å². The summed E-state index contributed by atoms with van der Waals surface area (Å²) in [6, 6.07) is 6.76. The van der Waals surface area contributed by atoms with Gasteiger partial charge in [-0.15, -0.1) is 0 Å². The van der Waals surface area contributed by atoms with E-state index >= 15 is 0 Å². The van der Waals surface area contributed by atoms with E-state index < -0.39 is 0 Å². The van der Waals surface area contributed by atoms with E-state index in [1.807, 2.05) is 0 Å². The van der Waals surface area contributed by atoms with E-state index in [9.17, 15) is 0 Å². The summed E-state index contributed by atoms with van der Waals surface area (Å²) >= 11 is 0. The second-order valence-electron chi connectivity index (χ2n) is 6.35. The summed E-state index contributed by atoms with van der Waals surface area (Å²) in [4.78, 5) is 2.56. The average molecular weight is 246 g/mol. The molecule has 18 heavy (non-hydrogen) atoms. The van der Waals surface area contributed by atoms with Crippen LogP contribution in [0.5, 0.6) is 0 Å². The van der Waals surface area contributed by atoms with Gasteiger partial charge in [-0.3, -0.25) is 0 Å². The van der Waals surface area contributed by atoms with Gasteiger partial charge in [0.05, 0.1) is 0 Å². The SMILES string of the molecule is Cc1ccc(N2CC(CN)CCC2(C)C)c(C)c1. The molecule has 2 nitrogen and oxygen atoms in total. The zero-order valence-corrected chi connectivity index (χ0v) is 12.2. The van der Waals surface area contributed by atoms with Gasteiger partial charge in [-0.25, -0.2) is 0 Å². The molecule has 100 valence electrons. The molecule has 0 aromatic heterocycles. The lowest BCUT2D eigenvalue weighted by atomic mass is 9.84. The zero-order valence-electron chi connectivity index (χ0n) is 12.2. The first-order chi connectivity index (χ1) is 8.44. The molecule has 1 atom stereocenters. The van der Waals surface area contributed by atoms with Crippen LogP contribution in [0.2, 0.25) is 0 Å². The summed E-state index contributed by atoms with van der Waals surface area (Å²) in [5.74, 6) is 0.638.